The van der Waals surface area contributed by atoms with E-state index in [2.05, 4.69) is 20.4 Å². The molecule has 0 amide bonds. The molecule has 0 aromatic carbocycles. The van der Waals surface area contributed by atoms with Gasteiger partial charge in [0.25, 0.3) is 0 Å². The third-order valence-corrected chi connectivity index (χ3v) is 2.81. The molecule has 0 spiro atoms. The number of hydrogen-bond acceptors (Lipinski definition) is 1. The second kappa shape index (κ2) is 9.18. The van der Waals surface area contributed by atoms with Crippen LogP contribution in [0.15, 0.2) is 11.5 Å². The SMILES string of the molecule is C=C(CCCCCCC)SCC. The summed E-state index contributed by atoms with van der Waals surface area (Å²) in [6, 6.07) is 0. The molecule has 0 heterocycles. The fourth-order valence-electron chi connectivity index (χ4n) is 1.20. The maximum absolute atomic E-state index is 4.03. The van der Waals surface area contributed by atoms with Crippen LogP contribution >= 0.6 is 11.8 Å². The molecule has 12 heavy (non-hydrogen) atoms. The average molecular weight is 186 g/mol. The van der Waals surface area contributed by atoms with Gasteiger partial charge in [0.15, 0.2) is 0 Å². The van der Waals surface area contributed by atoms with E-state index in [0.717, 1.165) is 0 Å². The summed E-state index contributed by atoms with van der Waals surface area (Å²) in [5, 5.41) is 0. The Kier molecular flexibility index (Phi) is 9.25. The van der Waals surface area contributed by atoms with E-state index in [4.69, 9.17) is 0 Å². The van der Waals surface area contributed by atoms with Gasteiger partial charge in [-0.1, -0.05) is 46.1 Å². The summed E-state index contributed by atoms with van der Waals surface area (Å²) < 4.78 is 0. The summed E-state index contributed by atoms with van der Waals surface area (Å²) >= 11 is 1.90. The zero-order valence-corrected chi connectivity index (χ0v) is 9.38. The standard InChI is InChI=1S/C11H22S/c1-4-6-7-8-9-10-11(3)12-5-2/h3-10H2,1-2H3. The molecule has 0 aliphatic heterocycles. The summed E-state index contributed by atoms with van der Waals surface area (Å²) in [5.41, 5.74) is 0. The first-order valence-corrected chi connectivity index (χ1v) is 6.10. The highest BCUT2D eigenvalue weighted by atomic mass is 32.2. The molecule has 0 rings (SSSR count). The molecule has 1 heteroatoms. The van der Waals surface area contributed by atoms with Crippen molar-refractivity contribution in [1.29, 1.82) is 0 Å². The summed E-state index contributed by atoms with van der Waals surface area (Å²) in [6.45, 7) is 8.47. The third kappa shape index (κ3) is 8.19. The lowest BCUT2D eigenvalue weighted by molar-refractivity contribution is 0.636. The average Bonchev–Trinajstić information content (AvgIpc) is 2.05. The summed E-state index contributed by atoms with van der Waals surface area (Å²) in [6.07, 6.45) is 8.09. The van der Waals surface area contributed by atoms with Gasteiger partial charge in [-0.15, -0.1) is 11.8 Å². The van der Waals surface area contributed by atoms with Crippen molar-refractivity contribution < 1.29 is 0 Å². The zero-order chi connectivity index (χ0) is 9.23. The van der Waals surface area contributed by atoms with Crippen LogP contribution in [0.1, 0.15) is 52.4 Å². The Balaban J connectivity index is 3.03. The second-order valence-electron chi connectivity index (χ2n) is 3.14. The Morgan fingerprint density at radius 2 is 1.75 bits per heavy atom. The Labute approximate surface area is 81.8 Å². The molecule has 0 saturated carbocycles. The highest BCUT2D eigenvalue weighted by molar-refractivity contribution is 8.03. The largest absolute Gasteiger partial charge is 0.132 e. The topological polar surface area (TPSA) is 0 Å². The molecule has 72 valence electrons. The second-order valence-corrected chi connectivity index (χ2v) is 4.58. The Hall–Kier alpha value is 0.0900. The van der Waals surface area contributed by atoms with E-state index in [-0.39, 0.29) is 0 Å². The van der Waals surface area contributed by atoms with Gasteiger partial charge in [-0.25, -0.2) is 0 Å². The highest BCUT2D eigenvalue weighted by Gasteiger charge is 1.93. The molecule has 0 N–H and O–H groups in total. The molecular formula is C11H22S. The number of allylic oxidation sites excluding steroid dienone is 1. The van der Waals surface area contributed by atoms with Crippen LogP contribution in [0.25, 0.3) is 0 Å². The molecule has 0 nitrogen and oxygen atoms in total. The van der Waals surface area contributed by atoms with Crippen molar-refractivity contribution in [2.45, 2.75) is 52.4 Å². The van der Waals surface area contributed by atoms with Gasteiger partial charge in [0, 0.05) is 0 Å². The van der Waals surface area contributed by atoms with Crippen molar-refractivity contribution in [2.75, 3.05) is 5.75 Å². The van der Waals surface area contributed by atoms with Crippen molar-refractivity contribution in [1.82, 2.24) is 0 Å². The van der Waals surface area contributed by atoms with Gasteiger partial charge in [0.05, 0.1) is 0 Å². The smallest absolute Gasteiger partial charge is 0.00519 e. The number of rotatable bonds is 8. The molecule has 0 aliphatic rings. The van der Waals surface area contributed by atoms with E-state index < -0.39 is 0 Å². The van der Waals surface area contributed by atoms with E-state index in [1.807, 2.05) is 11.8 Å². The predicted octanol–water partition coefficient (Wildman–Crippen LogP) is 4.61. The highest BCUT2D eigenvalue weighted by Crippen LogP contribution is 2.19. The van der Waals surface area contributed by atoms with Crippen LogP contribution < -0.4 is 0 Å². The molecule has 0 radical (unpaired) electrons. The van der Waals surface area contributed by atoms with Crippen LogP contribution in [0.5, 0.6) is 0 Å². The Bertz CT molecular complexity index is 108. The molecular weight excluding hydrogens is 164 g/mol. The maximum atomic E-state index is 4.03. The lowest BCUT2D eigenvalue weighted by Gasteiger charge is -2.02. The Morgan fingerprint density at radius 1 is 1.08 bits per heavy atom. The van der Waals surface area contributed by atoms with Gasteiger partial charge in [0.2, 0.25) is 0 Å². The van der Waals surface area contributed by atoms with E-state index in [9.17, 15) is 0 Å². The van der Waals surface area contributed by atoms with Crippen LogP contribution in [-0.2, 0) is 0 Å². The first kappa shape index (κ1) is 12.1. The molecule has 0 aromatic rings. The van der Waals surface area contributed by atoms with Gasteiger partial charge < -0.3 is 0 Å². The molecule has 0 atom stereocenters. The minimum Gasteiger partial charge on any atom is -0.132 e. The zero-order valence-electron chi connectivity index (χ0n) is 8.57. The Morgan fingerprint density at radius 3 is 2.33 bits per heavy atom. The van der Waals surface area contributed by atoms with Crippen LogP contribution in [-0.4, -0.2) is 5.75 Å². The summed E-state index contributed by atoms with van der Waals surface area (Å²) in [5.74, 6) is 1.17. The maximum Gasteiger partial charge on any atom is -0.00519 e. The quantitative estimate of drug-likeness (QED) is 0.499. The third-order valence-electron chi connectivity index (χ3n) is 1.91. The number of thioether (sulfide) groups is 1. The van der Waals surface area contributed by atoms with Gasteiger partial charge in [0.1, 0.15) is 0 Å². The van der Waals surface area contributed by atoms with Gasteiger partial charge in [-0.2, -0.15) is 0 Å². The van der Waals surface area contributed by atoms with E-state index in [1.165, 1.54) is 49.2 Å². The van der Waals surface area contributed by atoms with Crippen molar-refractivity contribution in [3.05, 3.63) is 11.5 Å². The lowest BCUT2D eigenvalue weighted by atomic mass is 10.1. The van der Waals surface area contributed by atoms with Crippen molar-refractivity contribution >= 4 is 11.8 Å². The fourth-order valence-corrected chi connectivity index (χ4v) is 1.90. The van der Waals surface area contributed by atoms with Crippen LogP contribution in [0.2, 0.25) is 0 Å². The molecule has 0 fully saturated rings. The molecule has 0 aromatic heterocycles. The number of hydrogen-bond donors (Lipinski definition) is 0. The normalized spacial score (nSPS) is 10.2. The molecule has 0 unspecified atom stereocenters. The first-order valence-electron chi connectivity index (χ1n) is 5.11. The van der Waals surface area contributed by atoms with Crippen molar-refractivity contribution in [2.24, 2.45) is 0 Å². The molecule has 0 bridgehead atoms. The monoisotopic (exact) mass is 186 g/mol. The van der Waals surface area contributed by atoms with Crippen LogP contribution in [0.4, 0.5) is 0 Å². The van der Waals surface area contributed by atoms with Crippen LogP contribution in [0.3, 0.4) is 0 Å². The fraction of sp³-hybridized carbons (Fsp3) is 0.818. The summed E-state index contributed by atoms with van der Waals surface area (Å²) in [4.78, 5) is 1.37. The van der Waals surface area contributed by atoms with Crippen LogP contribution in [0, 0.1) is 0 Å². The van der Waals surface area contributed by atoms with Gasteiger partial charge >= 0.3 is 0 Å². The van der Waals surface area contributed by atoms with Crippen molar-refractivity contribution in [3.63, 3.8) is 0 Å². The minimum atomic E-state index is 1.17. The lowest BCUT2D eigenvalue weighted by Crippen LogP contribution is -1.80. The first-order chi connectivity index (χ1) is 5.81. The van der Waals surface area contributed by atoms with Gasteiger partial charge in [-0.05, 0) is 23.5 Å². The molecule has 0 aliphatic carbocycles. The molecule has 0 saturated heterocycles. The minimum absolute atomic E-state index is 1.17. The van der Waals surface area contributed by atoms with Gasteiger partial charge in [-0.3, -0.25) is 0 Å². The summed E-state index contributed by atoms with van der Waals surface area (Å²) in [7, 11) is 0. The predicted molar refractivity (Wildman–Crippen MR) is 60.6 cm³/mol. The van der Waals surface area contributed by atoms with E-state index >= 15 is 0 Å². The van der Waals surface area contributed by atoms with Crippen molar-refractivity contribution in [3.8, 4) is 0 Å². The van der Waals surface area contributed by atoms with E-state index in [0.29, 0.717) is 0 Å². The van der Waals surface area contributed by atoms with E-state index in [1.54, 1.807) is 0 Å². The number of unbranched alkanes of at least 4 members (excludes halogenated alkanes) is 4.